The van der Waals surface area contributed by atoms with Crippen LogP contribution in [-0.4, -0.2) is 14.7 Å². The van der Waals surface area contributed by atoms with Crippen molar-refractivity contribution in [2.45, 2.75) is 11.8 Å². The Labute approximate surface area is 158 Å². The van der Waals surface area contributed by atoms with Crippen molar-refractivity contribution in [1.82, 2.24) is 0 Å². The Bertz CT molecular complexity index is 1060. The van der Waals surface area contributed by atoms with Crippen LogP contribution in [0.2, 0.25) is 5.02 Å². The van der Waals surface area contributed by atoms with E-state index in [1.165, 1.54) is 28.2 Å². The molecule has 0 aliphatic carbocycles. The van der Waals surface area contributed by atoms with Crippen LogP contribution in [0.15, 0.2) is 47.4 Å². The van der Waals surface area contributed by atoms with E-state index >= 15 is 0 Å². The van der Waals surface area contributed by atoms with E-state index in [2.05, 4.69) is 0 Å². The Morgan fingerprint density at radius 1 is 1.04 bits per heavy atom. The number of rotatable bonds is 3. The van der Waals surface area contributed by atoms with E-state index in [1.807, 2.05) is 31.2 Å². The fourth-order valence-electron chi connectivity index (χ4n) is 2.31. The molecule has 7 heteroatoms. The van der Waals surface area contributed by atoms with Crippen molar-refractivity contribution in [2.24, 2.45) is 0 Å². The summed E-state index contributed by atoms with van der Waals surface area (Å²) in [5.41, 5.74) is 4.01. The minimum absolute atomic E-state index is 0.215. The summed E-state index contributed by atoms with van der Waals surface area (Å²) in [5.74, 6) is 0. The number of benzene rings is 2. The molecule has 0 bridgehead atoms. The zero-order chi connectivity index (χ0) is 17.5. The van der Waals surface area contributed by atoms with Crippen LogP contribution in [0, 0.1) is 10.7 Å². The molecular formula is C17H13ClO2S4. The summed E-state index contributed by atoms with van der Waals surface area (Å²) in [7, 11) is -0.203. The molecule has 0 N–H and O–H groups in total. The highest BCUT2D eigenvalue weighted by atomic mass is 35.5. The number of hydrogen-bond acceptors (Lipinski definition) is 5. The van der Waals surface area contributed by atoms with Gasteiger partial charge in [0.2, 0.25) is 0 Å². The van der Waals surface area contributed by atoms with Crippen LogP contribution in [-0.2, 0) is 9.84 Å². The normalized spacial score (nSPS) is 11.6. The average molecular weight is 413 g/mol. The Kier molecular flexibility index (Phi) is 4.95. The van der Waals surface area contributed by atoms with Crippen LogP contribution in [0.5, 0.6) is 0 Å². The molecule has 0 saturated carbocycles. The van der Waals surface area contributed by atoms with Gasteiger partial charge in [-0.3, -0.25) is 0 Å². The van der Waals surface area contributed by atoms with Gasteiger partial charge in [0.15, 0.2) is 9.84 Å². The molecule has 0 saturated heterocycles. The van der Waals surface area contributed by atoms with Gasteiger partial charge in [-0.25, -0.2) is 8.42 Å². The molecule has 3 aromatic rings. The van der Waals surface area contributed by atoms with Crippen LogP contribution in [0.1, 0.15) is 5.56 Å². The lowest BCUT2D eigenvalue weighted by Crippen LogP contribution is -1.96. The zero-order valence-corrected chi connectivity index (χ0v) is 16.9. The van der Waals surface area contributed by atoms with Gasteiger partial charge in [-0.2, -0.15) is 0 Å². The van der Waals surface area contributed by atoms with Gasteiger partial charge < -0.3 is 0 Å². The number of hydrogen-bond donors (Lipinski definition) is 0. The Balaban J connectivity index is 2.19. The third-order valence-corrected chi connectivity index (χ3v) is 8.06. The average Bonchev–Trinajstić information content (AvgIpc) is 2.89. The maximum atomic E-state index is 11.7. The predicted molar refractivity (Wildman–Crippen MR) is 107 cm³/mol. The van der Waals surface area contributed by atoms with Crippen LogP contribution in [0.4, 0.5) is 0 Å². The van der Waals surface area contributed by atoms with E-state index < -0.39 is 9.84 Å². The molecule has 2 aromatic carbocycles. The van der Waals surface area contributed by atoms with Crippen molar-refractivity contribution in [3.05, 3.63) is 56.9 Å². The number of sulfone groups is 1. The van der Waals surface area contributed by atoms with Crippen LogP contribution in [0.3, 0.4) is 0 Å². The van der Waals surface area contributed by atoms with Crippen LogP contribution < -0.4 is 0 Å². The van der Waals surface area contributed by atoms with Crippen molar-refractivity contribution in [3.8, 4) is 21.6 Å². The SMILES string of the molecule is Cc1ccc(-c2c(-c3ccc(S(C)(=O)=O)cc3Cl)ssc2=S)cc1. The summed E-state index contributed by atoms with van der Waals surface area (Å²) in [5, 5.41) is 0.412. The molecule has 0 atom stereocenters. The lowest BCUT2D eigenvalue weighted by molar-refractivity contribution is 0.602. The highest BCUT2D eigenvalue weighted by molar-refractivity contribution is 7.90. The smallest absolute Gasteiger partial charge is 0.175 e. The number of aryl methyl sites for hydroxylation is 1. The van der Waals surface area contributed by atoms with Crippen molar-refractivity contribution in [1.29, 1.82) is 0 Å². The lowest BCUT2D eigenvalue weighted by atomic mass is 10.0. The van der Waals surface area contributed by atoms with Crippen LogP contribution >= 0.6 is 44.5 Å². The minimum Gasteiger partial charge on any atom is -0.224 e. The molecule has 0 fully saturated rings. The van der Waals surface area contributed by atoms with E-state index in [1.54, 1.807) is 22.5 Å². The van der Waals surface area contributed by atoms with Crippen molar-refractivity contribution in [2.75, 3.05) is 6.26 Å². The molecule has 124 valence electrons. The van der Waals surface area contributed by atoms with Crippen LogP contribution in [0.25, 0.3) is 21.6 Å². The van der Waals surface area contributed by atoms with Gasteiger partial charge in [0.05, 0.1) is 14.8 Å². The Hall–Kier alpha value is -1.05. The molecule has 2 nitrogen and oxygen atoms in total. The van der Waals surface area contributed by atoms with E-state index in [-0.39, 0.29) is 4.90 Å². The summed E-state index contributed by atoms with van der Waals surface area (Å²) in [6, 6.07) is 13.0. The fourth-order valence-corrected chi connectivity index (χ4v) is 6.29. The number of halogens is 1. The van der Waals surface area contributed by atoms with Crippen molar-refractivity contribution >= 4 is 54.3 Å². The summed E-state index contributed by atoms with van der Waals surface area (Å²) in [6.45, 7) is 2.04. The molecular weight excluding hydrogens is 400 g/mol. The maximum Gasteiger partial charge on any atom is 0.175 e. The summed E-state index contributed by atoms with van der Waals surface area (Å²) in [4.78, 5) is 1.19. The first-order chi connectivity index (χ1) is 11.3. The molecule has 24 heavy (non-hydrogen) atoms. The largest absolute Gasteiger partial charge is 0.224 e. The van der Waals surface area contributed by atoms with E-state index in [0.717, 1.165) is 25.4 Å². The van der Waals surface area contributed by atoms with Crippen molar-refractivity contribution < 1.29 is 8.42 Å². The second-order valence-electron chi connectivity index (χ2n) is 5.44. The molecule has 0 aliphatic heterocycles. The Morgan fingerprint density at radius 3 is 2.29 bits per heavy atom. The van der Waals surface area contributed by atoms with E-state index in [4.69, 9.17) is 23.8 Å². The topological polar surface area (TPSA) is 34.1 Å². The fraction of sp³-hybridized carbons (Fsp3) is 0.118. The summed E-state index contributed by atoms with van der Waals surface area (Å²) in [6.07, 6.45) is 1.17. The zero-order valence-electron chi connectivity index (χ0n) is 12.9. The third kappa shape index (κ3) is 3.48. The predicted octanol–water partition coefficient (Wildman–Crippen LogP) is 6.24. The Morgan fingerprint density at radius 2 is 1.71 bits per heavy atom. The summed E-state index contributed by atoms with van der Waals surface area (Å²) < 4.78 is 24.2. The van der Waals surface area contributed by atoms with Gasteiger partial charge in [0.25, 0.3) is 0 Å². The second-order valence-corrected chi connectivity index (χ2v) is 10.7. The quantitative estimate of drug-likeness (QED) is 0.377. The summed E-state index contributed by atoms with van der Waals surface area (Å²) >= 11 is 11.9. The van der Waals surface area contributed by atoms with Gasteiger partial charge in [0, 0.05) is 17.4 Å². The molecule has 1 heterocycles. The van der Waals surface area contributed by atoms with Gasteiger partial charge in [0.1, 0.15) is 3.82 Å². The van der Waals surface area contributed by atoms with Gasteiger partial charge in [-0.1, -0.05) is 80.4 Å². The first-order valence-electron chi connectivity index (χ1n) is 6.97. The van der Waals surface area contributed by atoms with E-state index in [0.29, 0.717) is 5.02 Å². The molecule has 3 rings (SSSR count). The molecule has 0 aliphatic rings. The van der Waals surface area contributed by atoms with Gasteiger partial charge in [-0.15, -0.1) is 0 Å². The first kappa shape index (κ1) is 17.8. The van der Waals surface area contributed by atoms with E-state index in [9.17, 15) is 8.42 Å². The maximum absolute atomic E-state index is 11.7. The monoisotopic (exact) mass is 412 g/mol. The minimum atomic E-state index is -3.29. The second kappa shape index (κ2) is 6.69. The standard InChI is InChI=1S/C17H13ClO2S4/c1-10-3-5-11(6-4-10)15-16(22-23-17(15)21)13-8-7-12(9-14(13)18)24(2,19)20/h3-9H,1-2H3. The molecule has 0 unspecified atom stereocenters. The lowest BCUT2D eigenvalue weighted by Gasteiger charge is -2.08. The molecule has 0 amide bonds. The molecule has 0 radical (unpaired) electrons. The molecule has 0 spiro atoms. The third-order valence-electron chi connectivity index (χ3n) is 3.59. The van der Waals surface area contributed by atoms with Gasteiger partial charge in [-0.05, 0) is 24.6 Å². The first-order valence-corrected chi connectivity index (χ1v) is 11.8. The highest BCUT2D eigenvalue weighted by Crippen LogP contribution is 2.44. The molecule has 1 aromatic heterocycles. The van der Waals surface area contributed by atoms with Crippen molar-refractivity contribution in [3.63, 3.8) is 0 Å². The van der Waals surface area contributed by atoms with Gasteiger partial charge >= 0.3 is 0 Å². The highest BCUT2D eigenvalue weighted by Gasteiger charge is 2.17.